The van der Waals surface area contributed by atoms with Gasteiger partial charge in [-0.3, -0.25) is 0 Å². The summed E-state index contributed by atoms with van der Waals surface area (Å²) in [4.78, 5) is 11.0. The average molecular weight is 313 g/mol. The van der Waals surface area contributed by atoms with Crippen molar-refractivity contribution in [2.45, 2.75) is 37.2 Å². The molecule has 0 spiro atoms. The molecule has 0 saturated carbocycles. The highest BCUT2D eigenvalue weighted by molar-refractivity contribution is 7.89. The van der Waals surface area contributed by atoms with Crippen LogP contribution in [0.2, 0.25) is 0 Å². The third-order valence-electron chi connectivity index (χ3n) is 3.51. The molecule has 0 bridgehead atoms. The third-order valence-corrected chi connectivity index (χ3v) is 5.02. The van der Waals surface area contributed by atoms with Crippen molar-refractivity contribution in [3.8, 4) is 0 Å². The molecule has 0 aliphatic carbocycles. The van der Waals surface area contributed by atoms with Crippen LogP contribution in [0, 0.1) is 0 Å². The molecule has 2 rings (SSSR count). The molecule has 116 valence electrons. The van der Waals surface area contributed by atoms with Gasteiger partial charge >= 0.3 is 5.97 Å². The van der Waals surface area contributed by atoms with Crippen LogP contribution in [0.15, 0.2) is 23.1 Å². The summed E-state index contributed by atoms with van der Waals surface area (Å²) in [5, 5.41) is 9.01. The van der Waals surface area contributed by atoms with Crippen molar-refractivity contribution in [1.82, 2.24) is 4.72 Å². The summed E-state index contributed by atoms with van der Waals surface area (Å²) in [6.45, 7) is 2.69. The smallest absolute Gasteiger partial charge is 0.335 e. The van der Waals surface area contributed by atoms with Crippen LogP contribution in [0.1, 0.15) is 35.7 Å². The molecular formula is C14H19NO5S. The van der Waals surface area contributed by atoms with E-state index < -0.39 is 16.0 Å². The van der Waals surface area contributed by atoms with E-state index in [0.29, 0.717) is 18.6 Å². The zero-order chi connectivity index (χ0) is 15.5. The van der Waals surface area contributed by atoms with Gasteiger partial charge in [0.05, 0.1) is 16.6 Å². The molecule has 0 aromatic heterocycles. The van der Waals surface area contributed by atoms with Crippen molar-refractivity contribution in [1.29, 1.82) is 0 Å². The van der Waals surface area contributed by atoms with Crippen molar-refractivity contribution in [2.75, 3.05) is 13.2 Å². The number of carbonyl (C=O) groups is 1. The van der Waals surface area contributed by atoms with Gasteiger partial charge in [-0.15, -0.1) is 0 Å². The largest absolute Gasteiger partial charge is 0.478 e. The van der Waals surface area contributed by atoms with Crippen LogP contribution < -0.4 is 4.72 Å². The van der Waals surface area contributed by atoms with Crippen LogP contribution in [0.3, 0.4) is 0 Å². The fourth-order valence-corrected chi connectivity index (χ4v) is 3.72. The van der Waals surface area contributed by atoms with Crippen LogP contribution >= 0.6 is 0 Å². The molecule has 1 heterocycles. The predicted octanol–water partition coefficient (Wildman–Crippen LogP) is 1.40. The Morgan fingerprint density at radius 2 is 2.24 bits per heavy atom. The van der Waals surface area contributed by atoms with Gasteiger partial charge in [0.2, 0.25) is 10.0 Å². The Kier molecular flexibility index (Phi) is 4.97. The van der Waals surface area contributed by atoms with E-state index in [4.69, 9.17) is 9.84 Å². The first-order chi connectivity index (χ1) is 9.94. The van der Waals surface area contributed by atoms with Gasteiger partial charge in [0.15, 0.2) is 0 Å². The quantitative estimate of drug-likeness (QED) is 0.828. The molecular weight excluding hydrogens is 294 g/mol. The number of benzene rings is 1. The molecule has 1 saturated heterocycles. The van der Waals surface area contributed by atoms with Gasteiger partial charge < -0.3 is 9.84 Å². The lowest BCUT2D eigenvalue weighted by molar-refractivity contribution is 0.0696. The van der Waals surface area contributed by atoms with Crippen molar-refractivity contribution >= 4 is 16.0 Å². The average Bonchev–Trinajstić information content (AvgIpc) is 2.98. The van der Waals surface area contributed by atoms with E-state index in [1.807, 2.05) is 6.92 Å². The highest BCUT2D eigenvalue weighted by Gasteiger charge is 2.23. The lowest BCUT2D eigenvalue weighted by atomic mass is 10.1. The van der Waals surface area contributed by atoms with E-state index in [1.54, 1.807) is 6.07 Å². The predicted molar refractivity (Wildman–Crippen MR) is 76.9 cm³/mol. The minimum absolute atomic E-state index is 0.0305. The number of ether oxygens (including phenoxy) is 1. The fraction of sp³-hybridized carbons (Fsp3) is 0.500. The maximum Gasteiger partial charge on any atom is 0.335 e. The van der Waals surface area contributed by atoms with Gasteiger partial charge in [0.1, 0.15) is 0 Å². The Balaban J connectivity index is 2.24. The normalized spacial score (nSPS) is 18.8. The van der Waals surface area contributed by atoms with Gasteiger partial charge in [0, 0.05) is 13.2 Å². The lowest BCUT2D eigenvalue weighted by Gasteiger charge is -2.14. The third kappa shape index (κ3) is 3.81. The zero-order valence-corrected chi connectivity index (χ0v) is 12.6. The highest BCUT2D eigenvalue weighted by Crippen LogP contribution is 2.19. The van der Waals surface area contributed by atoms with E-state index in [-0.39, 0.29) is 23.1 Å². The Hall–Kier alpha value is -1.44. The SMILES string of the molecule is CCc1ccc(C(=O)O)cc1S(=O)(=O)NCC1CCCO1. The first kappa shape index (κ1) is 15.9. The lowest BCUT2D eigenvalue weighted by Crippen LogP contribution is -2.32. The van der Waals surface area contributed by atoms with Crippen molar-refractivity contribution in [2.24, 2.45) is 0 Å². The van der Waals surface area contributed by atoms with E-state index in [1.165, 1.54) is 12.1 Å². The molecule has 6 nitrogen and oxygen atoms in total. The Morgan fingerprint density at radius 3 is 2.81 bits per heavy atom. The minimum atomic E-state index is -3.74. The molecule has 21 heavy (non-hydrogen) atoms. The summed E-state index contributed by atoms with van der Waals surface area (Å²) in [5.41, 5.74) is 0.560. The molecule has 0 amide bonds. The number of rotatable bonds is 6. The minimum Gasteiger partial charge on any atom is -0.478 e. The zero-order valence-electron chi connectivity index (χ0n) is 11.8. The molecule has 1 aromatic rings. The molecule has 1 atom stereocenters. The first-order valence-corrected chi connectivity index (χ1v) is 8.40. The second kappa shape index (κ2) is 6.55. The topological polar surface area (TPSA) is 92.7 Å². The van der Waals surface area contributed by atoms with Crippen LogP contribution in [-0.4, -0.2) is 38.7 Å². The van der Waals surface area contributed by atoms with E-state index in [9.17, 15) is 13.2 Å². The monoisotopic (exact) mass is 313 g/mol. The Bertz CT molecular complexity index is 620. The molecule has 2 N–H and O–H groups in total. The number of aromatic carboxylic acids is 1. The number of carboxylic acid groups (broad SMARTS) is 1. The number of hydrogen-bond acceptors (Lipinski definition) is 4. The standard InChI is InChI=1S/C14H19NO5S/c1-2-10-5-6-11(14(16)17)8-13(10)21(18,19)15-9-12-4-3-7-20-12/h5-6,8,12,15H,2-4,7,9H2,1H3,(H,16,17). The van der Waals surface area contributed by atoms with E-state index >= 15 is 0 Å². The van der Waals surface area contributed by atoms with Gasteiger partial charge in [-0.2, -0.15) is 0 Å². The van der Waals surface area contributed by atoms with Crippen molar-refractivity contribution < 1.29 is 23.1 Å². The highest BCUT2D eigenvalue weighted by atomic mass is 32.2. The molecule has 1 fully saturated rings. The summed E-state index contributed by atoms with van der Waals surface area (Å²) < 4.78 is 32.7. The van der Waals surface area contributed by atoms with E-state index in [0.717, 1.165) is 12.8 Å². The molecule has 1 aromatic carbocycles. The molecule has 1 aliphatic heterocycles. The Morgan fingerprint density at radius 1 is 1.48 bits per heavy atom. The second-order valence-electron chi connectivity index (χ2n) is 4.97. The number of aryl methyl sites for hydroxylation is 1. The maximum atomic E-state index is 12.4. The molecule has 1 unspecified atom stereocenters. The van der Waals surface area contributed by atoms with E-state index in [2.05, 4.69) is 4.72 Å². The maximum absolute atomic E-state index is 12.4. The van der Waals surface area contributed by atoms with Crippen molar-refractivity contribution in [3.63, 3.8) is 0 Å². The number of hydrogen-bond donors (Lipinski definition) is 2. The summed E-state index contributed by atoms with van der Waals surface area (Å²) in [7, 11) is -3.74. The Labute approximate surface area is 124 Å². The van der Waals surface area contributed by atoms with Crippen LogP contribution in [0.5, 0.6) is 0 Å². The molecule has 1 aliphatic rings. The molecule has 7 heteroatoms. The van der Waals surface area contributed by atoms with Gasteiger partial charge in [-0.25, -0.2) is 17.9 Å². The van der Waals surface area contributed by atoms with Crippen LogP contribution in [0.25, 0.3) is 0 Å². The van der Waals surface area contributed by atoms with Crippen LogP contribution in [-0.2, 0) is 21.2 Å². The van der Waals surface area contributed by atoms with Gasteiger partial charge in [-0.05, 0) is 37.0 Å². The van der Waals surface area contributed by atoms with Crippen LogP contribution in [0.4, 0.5) is 0 Å². The summed E-state index contributed by atoms with van der Waals surface area (Å²) in [6, 6.07) is 4.17. The number of nitrogens with one attached hydrogen (secondary N) is 1. The first-order valence-electron chi connectivity index (χ1n) is 6.91. The summed E-state index contributed by atoms with van der Waals surface area (Å²) >= 11 is 0. The van der Waals surface area contributed by atoms with Gasteiger partial charge in [0.25, 0.3) is 0 Å². The van der Waals surface area contributed by atoms with Crippen molar-refractivity contribution in [3.05, 3.63) is 29.3 Å². The summed E-state index contributed by atoms with van der Waals surface area (Å²) in [6.07, 6.45) is 2.17. The molecule has 0 radical (unpaired) electrons. The summed E-state index contributed by atoms with van der Waals surface area (Å²) in [5.74, 6) is -1.15. The second-order valence-corrected chi connectivity index (χ2v) is 6.70. The number of carboxylic acids is 1. The fourth-order valence-electron chi connectivity index (χ4n) is 2.32. The van der Waals surface area contributed by atoms with Gasteiger partial charge in [-0.1, -0.05) is 13.0 Å². The number of sulfonamides is 1.